The van der Waals surface area contributed by atoms with E-state index in [4.69, 9.17) is 9.84 Å². The van der Waals surface area contributed by atoms with Crippen LogP contribution in [-0.2, 0) is 4.74 Å². The van der Waals surface area contributed by atoms with Crippen molar-refractivity contribution in [3.63, 3.8) is 0 Å². The maximum Gasteiger partial charge on any atom is 0.335 e. The number of amides is 2. The monoisotopic (exact) mass is 278 g/mol. The van der Waals surface area contributed by atoms with Crippen molar-refractivity contribution in [1.29, 1.82) is 0 Å². The number of benzene rings is 1. The van der Waals surface area contributed by atoms with Crippen LogP contribution in [0.1, 0.15) is 22.3 Å². The van der Waals surface area contributed by atoms with Crippen LogP contribution in [0.4, 0.5) is 10.5 Å². The van der Waals surface area contributed by atoms with E-state index in [9.17, 15) is 9.59 Å². The molecule has 0 spiro atoms. The van der Waals surface area contributed by atoms with Crippen LogP contribution in [0.3, 0.4) is 0 Å². The van der Waals surface area contributed by atoms with Gasteiger partial charge in [-0.1, -0.05) is 6.07 Å². The Balaban J connectivity index is 2.10. The van der Waals surface area contributed by atoms with Crippen LogP contribution in [0.5, 0.6) is 0 Å². The predicted molar refractivity (Wildman–Crippen MR) is 74.2 cm³/mol. The van der Waals surface area contributed by atoms with Crippen LogP contribution < -0.4 is 5.32 Å². The van der Waals surface area contributed by atoms with Gasteiger partial charge in [0.15, 0.2) is 0 Å². The highest BCUT2D eigenvalue weighted by atomic mass is 16.5. The standard InChI is InChI=1S/C14H18N2O4/c1-10-3-4-11(13(17)18)9-12(10)15-14(19)16-5-2-7-20-8-6-16/h3-4,9H,2,5-8H2,1H3,(H,15,19)(H,17,18). The number of hydrogen-bond acceptors (Lipinski definition) is 3. The third-order valence-corrected chi connectivity index (χ3v) is 3.24. The molecule has 20 heavy (non-hydrogen) atoms. The molecule has 0 saturated carbocycles. The van der Waals surface area contributed by atoms with Crippen LogP contribution in [-0.4, -0.2) is 48.3 Å². The fraction of sp³-hybridized carbons (Fsp3) is 0.429. The van der Waals surface area contributed by atoms with E-state index in [-0.39, 0.29) is 11.6 Å². The second-order valence-electron chi connectivity index (χ2n) is 4.72. The summed E-state index contributed by atoms with van der Waals surface area (Å²) >= 11 is 0. The first-order chi connectivity index (χ1) is 9.58. The summed E-state index contributed by atoms with van der Waals surface area (Å²) in [6.07, 6.45) is 0.807. The second-order valence-corrected chi connectivity index (χ2v) is 4.72. The highest BCUT2D eigenvalue weighted by Crippen LogP contribution is 2.18. The van der Waals surface area contributed by atoms with Gasteiger partial charge in [0.05, 0.1) is 12.2 Å². The first kappa shape index (κ1) is 14.3. The van der Waals surface area contributed by atoms with Gasteiger partial charge in [-0.15, -0.1) is 0 Å². The maximum absolute atomic E-state index is 12.2. The Kier molecular flexibility index (Phi) is 4.57. The normalized spacial score (nSPS) is 15.6. The van der Waals surface area contributed by atoms with E-state index in [0.717, 1.165) is 12.0 Å². The molecular formula is C14H18N2O4. The minimum Gasteiger partial charge on any atom is -0.478 e. The number of ether oxygens (including phenoxy) is 1. The lowest BCUT2D eigenvalue weighted by Gasteiger charge is -2.21. The number of carboxylic acid groups (broad SMARTS) is 1. The molecule has 1 aliphatic heterocycles. The number of carbonyl (C=O) groups is 2. The number of carboxylic acids is 1. The number of aryl methyl sites for hydroxylation is 1. The summed E-state index contributed by atoms with van der Waals surface area (Å²) in [7, 11) is 0. The van der Waals surface area contributed by atoms with E-state index in [0.29, 0.717) is 32.0 Å². The van der Waals surface area contributed by atoms with Crippen molar-refractivity contribution in [2.24, 2.45) is 0 Å². The topological polar surface area (TPSA) is 78.9 Å². The van der Waals surface area contributed by atoms with E-state index < -0.39 is 5.97 Å². The summed E-state index contributed by atoms with van der Waals surface area (Å²) in [5.41, 5.74) is 1.51. The molecule has 0 bridgehead atoms. The molecule has 2 rings (SSSR count). The van der Waals surface area contributed by atoms with Crippen LogP contribution in [0, 0.1) is 6.92 Å². The molecule has 0 radical (unpaired) electrons. The fourth-order valence-corrected chi connectivity index (χ4v) is 2.03. The van der Waals surface area contributed by atoms with Crippen LogP contribution >= 0.6 is 0 Å². The highest BCUT2D eigenvalue weighted by Gasteiger charge is 2.17. The molecule has 6 heteroatoms. The average molecular weight is 278 g/mol. The van der Waals surface area contributed by atoms with Crippen molar-refractivity contribution in [2.45, 2.75) is 13.3 Å². The average Bonchev–Trinajstić information content (AvgIpc) is 2.70. The summed E-state index contributed by atoms with van der Waals surface area (Å²) in [5, 5.41) is 11.8. The van der Waals surface area contributed by atoms with Gasteiger partial charge in [-0.3, -0.25) is 0 Å². The largest absolute Gasteiger partial charge is 0.478 e. The fourth-order valence-electron chi connectivity index (χ4n) is 2.03. The van der Waals surface area contributed by atoms with Crippen molar-refractivity contribution >= 4 is 17.7 Å². The molecule has 2 N–H and O–H groups in total. The van der Waals surface area contributed by atoms with Gasteiger partial charge >= 0.3 is 12.0 Å². The first-order valence-corrected chi connectivity index (χ1v) is 6.55. The SMILES string of the molecule is Cc1ccc(C(=O)O)cc1NC(=O)N1CCCOCC1. The number of hydrogen-bond donors (Lipinski definition) is 2. The Labute approximate surface area is 117 Å². The summed E-state index contributed by atoms with van der Waals surface area (Å²) in [6, 6.07) is 4.46. The smallest absolute Gasteiger partial charge is 0.335 e. The lowest BCUT2D eigenvalue weighted by Crippen LogP contribution is -2.36. The van der Waals surface area contributed by atoms with E-state index in [1.807, 2.05) is 6.92 Å². The van der Waals surface area contributed by atoms with Gasteiger partial charge in [0, 0.05) is 25.4 Å². The zero-order chi connectivity index (χ0) is 14.5. The van der Waals surface area contributed by atoms with Crippen molar-refractivity contribution in [1.82, 2.24) is 4.90 Å². The van der Waals surface area contributed by atoms with Crippen molar-refractivity contribution in [3.05, 3.63) is 29.3 Å². The molecule has 0 unspecified atom stereocenters. The Hall–Kier alpha value is -2.08. The summed E-state index contributed by atoms with van der Waals surface area (Å²) < 4.78 is 5.30. The molecule has 1 fully saturated rings. The molecule has 1 aliphatic rings. The molecule has 2 amide bonds. The lowest BCUT2D eigenvalue weighted by molar-refractivity contribution is 0.0697. The number of aromatic carboxylic acids is 1. The molecule has 1 aromatic rings. The summed E-state index contributed by atoms with van der Waals surface area (Å²) in [4.78, 5) is 24.8. The molecule has 6 nitrogen and oxygen atoms in total. The number of anilines is 1. The van der Waals surface area contributed by atoms with Gasteiger partial charge in [0.2, 0.25) is 0 Å². The highest BCUT2D eigenvalue weighted by molar-refractivity contribution is 5.94. The molecule has 1 heterocycles. The molecule has 0 atom stereocenters. The Morgan fingerprint density at radius 1 is 1.30 bits per heavy atom. The number of nitrogens with zero attached hydrogens (tertiary/aromatic N) is 1. The zero-order valence-corrected chi connectivity index (χ0v) is 11.4. The molecule has 0 aromatic heterocycles. The van der Waals surface area contributed by atoms with Crippen molar-refractivity contribution < 1.29 is 19.4 Å². The van der Waals surface area contributed by atoms with E-state index in [2.05, 4.69) is 5.32 Å². The van der Waals surface area contributed by atoms with Gasteiger partial charge < -0.3 is 20.1 Å². The van der Waals surface area contributed by atoms with E-state index in [1.54, 1.807) is 11.0 Å². The first-order valence-electron chi connectivity index (χ1n) is 6.55. The summed E-state index contributed by atoms with van der Waals surface area (Å²) in [5.74, 6) is -1.01. The van der Waals surface area contributed by atoms with Crippen LogP contribution in [0.25, 0.3) is 0 Å². The van der Waals surface area contributed by atoms with Crippen molar-refractivity contribution in [2.75, 3.05) is 31.6 Å². The number of nitrogens with one attached hydrogen (secondary N) is 1. The minimum atomic E-state index is -1.01. The zero-order valence-electron chi connectivity index (χ0n) is 11.4. The van der Waals surface area contributed by atoms with Crippen LogP contribution in [0.15, 0.2) is 18.2 Å². The second kappa shape index (κ2) is 6.38. The Morgan fingerprint density at radius 3 is 2.85 bits per heavy atom. The number of urea groups is 1. The third kappa shape index (κ3) is 3.48. The Bertz CT molecular complexity index is 508. The van der Waals surface area contributed by atoms with Gasteiger partial charge in [-0.05, 0) is 31.0 Å². The molecule has 108 valence electrons. The van der Waals surface area contributed by atoms with Gasteiger partial charge in [0.25, 0.3) is 0 Å². The van der Waals surface area contributed by atoms with Crippen LogP contribution in [0.2, 0.25) is 0 Å². The number of carbonyl (C=O) groups excluding carboxylic acids is 1. The quantitative estimate of drug-likeness (QED) is 0.866. The molecule has 1 aromatic carbocycles. The Morgan fingerprint density at radius 2 is 2.10 bits per heavy atom. The van der Waals surface area contributed by atoms with Gasteiger partial charge in [-0.2, -0.15) is 0 Å². The van der Waals surface area contributed by atoms with Gasteiger partial charge in [0.1, 0.15) is 0 Å². The third-order valence-electron chi connectivity index (χ3n) is 3.24. The van der Waals surface area contributed by atoms with Gasteiger partial charge in [-0.25, -0.2) is 9.59 Å². The number of rotatable bonds is 2. The predicted octanol–water partition coefficient (Wildman–Crippen LogP) is 1.95. The molecule has 1 saturated heterocycles. The maximum atomic E-state index is 12.2. The van der Waals surface area contributed by atoms with Crippen molar-refractivity contribution in [3.8, 4) is 0 Å². The summed E-state index contributed by atoms with van der Waals surface area (Å²) in [6.45, 7) is 4.21. The molecular weight excluding hydrogens is 260 g/mol. The minimum absolute atomic E-state index is 0.157. The van der Waals surface area contributed by atoms with E-state index in [1.165, 1.54) is 12.1 Å². The molecule has 0 aliphatic carbocycles. The lowest BCUT2D eigenvalue weighted by atomic mass is 10.1. The van der Waals surface area contributed by atoms with E-state index >= 15 is 0 Å².